The van der Waals surface area contributed by atoms with Crippen molar-refractivity contribution in [3.63, 3.8) is 0 Å². The first kappa shape index (κ1) is 36.4. The van der Waals surface area contributed by atoms with Gasteiger partial charge in [0.1, 0.15) is 11.2 Å². The molecule has 0 saturated heterocycles. The van der Waals surface area contributed by atoms with E-state index in [4.69, 9.17) is 19.4 Å². The third-order valence-corrected chi connectivity index (χ3v) is 13.7. The Labute approximate surface area is 372 Å². The summed E-state index contributed by atoms with van der Waals surface area (Å²) < 4.78 is 9.21. The molecule has 3 heterocycles. The molecule has 5 heteroatoms. The second-order valence-electron chi connectivity index (χ2n) is 16.3. The highest BCUT2D eigenvalue weighted by Gasteiger charge is 2.20. The number of hydrogen-bond donors (Lipinski definition) is 0. The molecule has 0 aliphatic carbocycles. The van der Waals surface area contributed by atoms with Crippen molar-refractivity contribution in [2.45, 2.75) is 0 Å². The van der Waals surface area contributed by atoms with E-state index >= 15 is 0 Å². The summed E-state index contributed by atoms with van der Waals surface area (Å²) in [6.07, 6.45) is 0. The quantitative estimate of drug-likeness (QED) is 0.167. The van der Waals surface area contributed by atoms with Gasteiger partial charge in [-0.05, 0) is 98.4 Å². The summed E-state index contributed by atoms with van der Waals surface area (Å²) in [4.78, 5) is 15.6. The van der Waals surface area contributed by atoms with Crippen LogP contribution in [-0.2, 0) is 0 Å². The van der Waals surface area contributed by atoms with E-state index in [0.717, 1.165) is 60.5 Å². The van der Waals surface area contributed by atoms with Crippen LogP contribution in [0.25, 0.3) is 131 Å². The second-order valence-corrected chi connectivity index (χ2v) is 17.4. The van der Waals surface area contributed by atoms with Crippen molar-refractivity contribution >= 4 is 75.0 Å². The molecule has 13 rings (SSSR count). The summed E-state index contributed by atoms with van der Waals surface area (Å²) in [5.74, 6) is 1.84. The van der Waals surface area contributed by atoms with Gasteiger partial charge in [-0.25, -0.2) is 15.0 Å². The maximum Gasteiger partial charge on any atom is 0.164 e. The maximum atomic E-state index is 6.73. The van der Waals surface area contributed by atoms with Gasteiger partial charge in [-0.2, -0.15) is 0 Å². The molecule has 0 radical (unpaired) electrons. The van der Waals surface area contributed by atoms with Gasteiger partial charge in [-0.3, -0.25) is 0 Å². The minimum atomic E-state index is 0.602. The van der Waals surface area contributed by atoms with Crippen LogP contribution in [0.5, 0.6) is 0 Å². The smallest absolute Gasteiger partial charge is 0.164 e. The van der Waals surface area contributed by atoms with Crippen molar-refractivity contribution in [1.82, 2.24) is 15.0 Å². The third kappa shape index (κ3) is 6.01. The fraction of sp³-hybridized carbons (Fsp3) is 0. The standard InChI is InChI=1S/C59H35N3OS/c1-4-15-36(16-5-1)39-23-14-24-40(31-39)47-32-41-21-11-13-26-46(41)54-50-35-44(28-30-52(50)64-56(47)54)59-61-57(38-19-8-3-9-20-38)60-58(62-59)43-27-29-51-48(34-43)49-33-42-22-10-12-25-45(42)53(55(49)63-51)37-17-6-2-7-18-37/h1-35H. The maximum absolute atomic E-state index is 6.73. The van der Waals surface area contributed by atoms with Gasteiger partial charge in [0.15, 0.2) is 17.5 Å². The van der Waals surface area contributed by atoms with E-state index in [1.165, 1.54) is 53.2 Å². The van der Waals surface area contributed by atoms with Gasteiger partial charge in [-0.1, -0.05) is 158 Å². The first-order chi connectivity index (χ1) is 31.7. The zero-order valence-electron chi connectivity index (χ0n) is 34.4. The Morgan fingerprint density at radius 2 is 0.906 bits per heavy atom. The van der Waals surface area contributed by atoms with Gasteiger partial charge in [0.25, 0.3) is 0 Å². The summed E-state index contributed by atoms with van der Waals surface area (Å²) in [5.41, 5.74) is 11.5. The molecule has 0 fully saturated rings. The molecule has 0 atom stereocenters. The van der Waals surface area contributed by atoms with Gasteiger partial charge < -0.3 is 4.42 Å². The van der Waals surface area contributed by atoms with E-state index in [0.29, 0.717) is 17.5 Å². The Balaban J connectivity index is 0.998. The lowest BCUT2D eigenvalue weighted by Gasteiger charge is -2.10. The zero-order chi connectivity index (χ0) is 42.1. The highest BCUT2D eigenvalue weighted by molar-refractivity contribution is 7.26. The van der Waals surface area contributed by atoms with Crippen LogP contribution in [0.1, 0.15) is 0 Å². The Kier molecular flexibility index (Phi) is 8.36. The van der Waals surface area contributed by atoms with E-state index in [2.05, 4.69) is 194 Å². The second kappa shape index (κ2) is 14.7. The van der Waals surface area contributed by atoms with Gasteiger partial charge in [-0.15, -0.1) is 11.3 Å². The first-order valence-corrected chi connectivity index (χ1v) is 22.3. The monoisotopic (exact) mass is 833 g/mol. The molecule has 0 N–H and O–H groups in total. The molecule has 0 amide bonds. The molecule has 64 heavy (non-hydrogen) atoms. The fourth-order valence-electron chi connectivity index (χ4n) is 9.43. The summed E-state index contributed by atoms with van der Waals surface area (Å²) in [7, 11) is 0. The number of nitrogens with zero attached hydrogens (tertiary/aromatic N) is 3. The fourth-order valence-corrected chi connectivity index (χ4v) is 10.7. The third-order valence-electron chi connectivity index (χ3n) is 12.5. The largest absolute Gasteiger partial charge is 0.455 e. The summed E-state index contributed by atoms with van der Waals surface area (Å²) in [5, 5.41) is 9.26. The Morgan fingerprint density at radius 3 is 1.64 bits per heavy atom. The predicted octanol–water partition coefficient (Wildman–Crippen LogP) is 16.4. The molecule has 10 aromatic carbocycles. The van der Waals surface area contributed by atoms with Crippen molar-refractivity contribution in [2.24, 2.45) is 0 Å². The molecule has 13 aromatic rings. The lowest BCUT2D eigenvalue weighted by atomic mass is 9.94. The SMILES string of the molecule is c1ccc(-c2cccc(-c3cc4ccccc4c4c3sc3ccc(-c5nc(-c6ccccc6)nc(-c6ccc7oc8c(-c9ccccc9)c9ccccc9cc8c7c6)n5)cc34)c2)cc1. The Hall–Kier alpha value is -8.25. The molecule has 4 nitrogen and oxygen atoms in total. The molecule has 298 valence electrons. The molecular weight excluding hydrogens is 799 g/mol. The summed E-state index contributed by atoms with van der Waals surface area (Å²) >= 11 is 1.84. The lowest BCUT2D eigenvalue weighted by molar-refractivity contribution is 0.670. The van der Waals surface area contributed by atoms with Crippen LogP contribution in [0.4, 0.5) is 0 Å². The van der Waals surface area contributed by atoms with E-state index in [9.17, 15) is 0 Å². The summed E-state index contributed by atoms with van der Waals surface area (Å²) in [6, 6.07) is 75.1. The molecular formula is C59H35N3OS. The van der Waals surface area contributed by atoms with Gasteiger partial charge in [0, 0.05) is 58.8 Å². The minimum Gasteiger partial charge on any atom is -0.455 e. The molecule has 0 spiro atoms. The first-order valence-electron chi connectivity index (χ1n) is 21.5. The highest BCUT2D eigenvalue weighted by atomic mass is 32.1. The number of fused-ring (bicyclic) bond motifs is 9. The average molecular weight is 834 g/mol. The van der Waals surface area contributed by atoms with E-state index < -0.39 is 0 Å². The lowest BCUT2D eigenvalue weighted by Crippen LogP contribution is -2.00. The predicted molar refractivity (Wildman–Crippen MR) is 268 cm³/mol. The van der Waals surface area contributed by atoms with Crippen LogP contribution < -0.4 is 0 Å². The minimum absolute atomic E-state index is 0.602. The zero-order valence-corrected chi connectivity index (χ0v) is 35.2. The van der Waals surface area contributed by atoms with Crippen molar-refractivity contribution < 1.29 is 4.42 Å². The number of furan rings is 1. The van der Waals surface area contributed by atoms with Crippen molar-refractivity contribution in [3.8, 4) is 67.5 Å². The van der Waals surface area contributed by atoms with Crippen molar-refractivity contribution in [3.05, 3.63) is 212 Å². The number of aromatic nitrogens is 3. The molecule has 0 aliphatic rings. The van der Waals surface area contributed by atoms with Gasteiger partial charge >= 0.3 is 0 Å². The summed E-state index contributed by atoms with van der Waals surface area (Å²) in [6.45, 7) is 0. The van der Waals surface area contributed by atoms with Crippen LogP contribution in [0.15, 0.2) is 217 Å². The number of thiophene rings is 1. The average Bonchev–Trinajstić information content (AvgIpc) is 3.94. The number of rotatable bonds is 6. The van der Waals surface area contributed by atoms with Crippen LogP contribution in [0.3, 0.4) is 0 Å². The van der Waals surface area contributed by atoms with Crippen molar-refractivity contribution in [1.29, 1.82) is 0 Å². The topological polar surface area (TPSA) is 51.8 Å². The van der Waals surface area contributed by atoms with Crippen LogP contribution in [-0.4, -0.2) is 15.0 Å². The van der Waals surface area contributed by atoms with Crippen LogP contribution >= 0.6 is 11.3 Å². The number of hydrogen-bond acceptors (Lipinski definition) is 5. The van der Waals surface area contributed by atoms with E-state index in [1.807, 2.05) is 29.5 Å². The molecule has 0 saturated carbocycles. The van der Waals surface area contributed by atoms with Crippen LogP contribution in [0.2, 0.25) is 0 Å². The van der Waals surface area contributed by atoms with Gasteiger partial charge in [0.05, 0.1) is 0 Å². The van der Waals surface area contributed by atoms with Crippen molar-refractivity contribution in [2.75, 3.05) is 0 Å². The number of benzene rings is 10. The Morgan fingerprint density at radius 1 is 0.344 bits per heavy atom. The van der Waals surface area contributed by atoms with E-state index in [1.54, 1.807) is 0 Å². The molecule has 0 unspecified atom stereocenters. The molecule has 0 aliphatic heterocycles. The van der Waals surface area contributed by atoms with Crippen LogP contribution in [0, 0.1) is 0 Å². The molecule has 3 aromatic heterocycles. The molecule has 0 bridgehead atoms. The highest BCUT2D eigenvalue weighted by Crippen LogP contribution is 2.46. The van der Waals surface area contributed by atoms with E-state index in [-0.39, 0.29) is 0 Å². The Bertz CT molecular complexity index is 3950. The normalized spacial score (nSPS) is 11.8. The van der Waals surface area contributed by atoms with Gasteiger partial charge in [0.2, 0.25) is 0 Å².